The summed E-state index contributed by atoms with van der Waals surface area (Å²) in [6.07, 6.45) is -1.26. The van der Waals surface area contributed by atoms with Gasteiger partial charge in [-0.2, -0.15) is 0 Å². The molecule has 0 bridgehead atoms. The molecule has 0 radical (unpaired) electrons. The fourth-order valence-electron chi connectivity index (χ4n) is 2.21. The molecular formula is C16H21NO6. The lowest BCUT2D eigenvalue weighted by Gasteiger charge is -2.27. The molecule has 0 amide bonds. The molecular weight excluding hydrogens is 302 g/mol. The molecule has 7 heteroatoms. The van der Waals surface area contributed by atoms with Crippen LogP contribution in [0.2, 0.25) is 0 Å². The predicted octanol–water partition coefficient (Wildman–Crippen LogP) is 0.642. The quantitative estimate of drug-likeness (QED) is 0.758. The largest absolute Gasteiger partial charge is 0.496 e. The molecule has 2 aromatic rings. The van der Waals surface area contributed by atoms with Crippen molar-refractivity contribution in [2.45, 2.75) is 18.8 Å². The van der Waals surface area contributed by atoms with E-state index < -0.39 is 11.9 Å². The monoisotopic (exact) mass is 323 g/mol. The van der Waals surface area contributed by atoms with Crippen LogP contribution in [0.1, 0.15) is 6.92 Å². The maximum absolute atomic E-state index is 12.0. The van der Waals surface area contributed by atoms with Crippen molar-refractivity contribution in [3.05, 3.63) is 34.6 Å². The smallest absolute Gasteiger partial charge is 0.254 e. The second kappa shape index (κ2) is 6.57. The van der Waals surface area contributed by atoms with E-state index in [1.165, 1.54) is 31.8 Å². The van der Waals surface area contributed by atoms with Crippen LogP contribution in [0.4, 0.5) is 0 Å². The molecule has 0 aliphatic carbocycles. The lowest BCUT2D eigenvalue weighted by atomic mass is 10.1. The second-order valence-electron chi connectivity index (χ2n) is 5.35. The van der Waals surface area contributed by atoms with Gasteiger partial charge in [-0.05, 0) is 19.1 Å². The van der Waals surface area contributed by atoms with Crippen LogP contribution in [0.5, 0.6) is 11.5 Å². The van der Waals surface area contributed by atoms with Gasteiger partial charge in [0.2, 0.25) is 0 Å². The number of aliphatic hydroxyl groups is 2. The van der Waals surface area contributed by atoms with Crippen LogP contribution in [0.15, 0.2) is 29.1 Å². The molecule has 0 saturated heterocycles. The molecule has 126 valence electrons. The third-order valence-corrected chi connectivity index (χ3v) is 3.83. The topological polar surface area (TPSA) is 90.2 Å². The van der Waals surface area contributed by atoms with E-state index in [4.69, 9.17) is 14.2 Å². The zero-order valence-electron chi connectivity index (χ0n) is 13.6. The molecule has 1 heterocycles. The lowest BCUT2D eigenvalue weighted by Crippen LogP contribution is -2.44. The van der Waals surface area contributed by atoms with Gasteiger partial charge in [-0.15, -0.1) is 0 Å². The first-order valence-electron chi connectivity index (χ1n) is 7.07. The number of hydrogen-bond donors (Lipinski definition) is 2. The van der Waals surface area contributed by atoms with Crippen molar-refractivity contribution in [1.29, 1.82) is 0 Å². The zero-order valence-corrected chi connectivity index (χ0v) is 13.6. The number of aliphatic hydroxyl groups excluding tert-OH is 1. The highest BCUT2D eigenvalue weighted by Crippen LogP contribution is 2.30. The molecule has 7 nitrogen and oxygen atoms in total. The maximum Gasteiger partial charge on any atom is 0.254 e. The van der Waals surface area contributed by atoms with Gasteiger partial charge >= 0.3 is 0 Å². The Hall–Kier alpha value is -2.09. The first kappa shape index (κ1) is 17.3. The van der Waals surface area contributed by atoms with Gasteiger partial charge in [-0.25, -0.2) is 0 Å². The Morgan fingerprint density at radius 3 is 2.61 bits per heavy atom. The number of para-hydroxylation sites is 1. The van der Waals surface area contributed by atoms with Crippen molar-refractivity contribution in [2.75, 3.05) is 20.8 Å². The summed E-state index contributed by atoms with van der Waals surface area (Å²) in [6, 6.07) is 6.64. The van der Waals surface area contributed by atoms with E-state index in [-0.39, 0.29) is 12.2 Å². The predicted molar refractivity (Wildman–Crippen MR) is 84.9 cm³/mol. The summed E-state index contributed by atoms with van der Waals surface area (Å²) < 4.78 is 17.1. The number of pyridine rings is 1. The summed E-state index contributed by atoms with van der Waals surface area (Å²) in [5, 5.41) is 20.5. The van der Waals surface area contributed by atoms with Gasteiger partial charge in [-0.1, -0.05) is 6.07 Å². The molecule has 0 aliphatic heterocycles. The number of fused-ring (bicyclic) bond motifs is 1. The molecule has 2 N–H and O–H groups in total. The number of ether oxygens (including phenoxy) is 3. The molecule has 0 fully saturated rings. The molecule has 0 spiro atoms. The summed E-state index contributed by atoms with van der Waals surface area (Å²) in [4.78, 5) is 12.0. The van der Waals surface area contributed by atoms with Crippen molar-refractivity contribution in [2.24, 2.45) is 7.05 Å². The number of hydrogen-bond acceptors (Lipinski definition) is 6. The highest BCUT2D eigenvalue weighted by atomic mass is 16.6. The van der Waals surface area contributed by atoms with Crippen LogP contribution >= 0.6 is 0 Å². The molecule has 1 aromatic heterocycles. The minimum absolute atomic E-state index is 0.203. The SMILES string of the molecule is COc1cc(=O)n(C)c2c(OC[C@@H](O)[C@](C)(O)OC)cccc12. The minimum atomic E-state index is -1.73. The Balaban J connectivity index is 2.42. The summed E-state index contributed by atoms with van der Waals surface area (Å²) in [7, 11) is 4.40. The summed E-state index contributed by atoms with van der Waals surface area (Å²) in [5.41, 5.74) is 0.302. The number of methoxy groups -OCH3 is 2. The molecule has 0 unspecified atom stereocenters. The van der Waals surface area contributed by atoms with E-state index in [1.807, 2.05) is 6.07 Å². The van der Waals surface area contributed by atoms with E-state index in [9.17, 15) is 15.0 Å². The van der Waals surface area contributed by atoms with Crippen molar-refractivity contribution >= 4 is 10.9 Å². The van der Waals surface area contributed by atoms with Gasteiger partial charge in [0.25, 0.3) is 5.56 Å². The molecule has 1 aromatic carbocycles. The average Bonchev–Trinajstić information content (AvgIpc) is 2.55. The van der Waals surface area contributed by atoms with E-state index >= 15 is 0 Å². The summed E-state index contributed by atoms with van der Waals surface area (Å²) in [5.74, 6) is -0.890. The van der Waals surface area contributed by atoms with Crippen molar-refractivity contribution in [3.8, 4) is 11.5 Å². The van der Waals surface area contributed by atoms with E-state index in [2.05, 4.69) is 0 Å². The van der Waals surface area contributed by atoms with E-state index in [0.29, 0.717) is 22.4 Å². The molecule has 2 rings (SSSR count). The standard InChI is InChI=1S/C16H21NO6/c1-16(20,22-4)13(18)9-23-11-7-5-6-10-12(21-3)8-14(19)17(2)15(10)11/h5-8,13,18,20H,9H2,1-4H3/t13-,16-/m1/s1. The lowest BCUT2D eigenvalue weighted by molar-refractivity contribution is -0.235. The van der Waals surface area contributed by atoms with E-state index in [1.54, 1.807) is 19.2 Å². The van der Waals surface area contributed by atoms with Gasteiger partial charge in [0, 0.05) is 25.6 Å². The Labute approximate surface area is 133 Å². The Morgan fingerprint density at radius 2 is 2.00 bits per heavy atom. The number of rotatable bonds is 6. The zero-order chi connectivity index (χ0) is 17.2. The first-order valence-corrected chi connectivity index (χ1v) is 7.07. The first-order chi connectivity index (χ1) is 10.8. The van der Waals surface area contributed by atoms with Crippen LogP contribution < -0.4 is 15.0 Å². The highest BCUT2D eigenvalue weighted by Gasteiger charge is 2.30. The molecule has 2 atom stereocenters. The van der Waals surface area contributed by atoms with Crippen molar-refractivity contribution in [3.63, 3.8) is 0 Å². The van der Waals surface area contributed by atoms with Crippen molar-refractivity contribution in [1.82, 2.24) is 4.57 Å². The normalized spacial score (nSPS) is 15.2. The highest BCUT2D eigenvalue weighted by molar-refractivity contribution is 5.90. The Bertz CT molecular complexity index is 752. The van der Waals surface area contributed by atoms with Gasteiger partial charge in [0.15, 0.2) is 5.79 Å². The van der Waals surface area contributed by atoms with Gasteiger partial charge < -0.3 is 29.0 Å². The van der Waals surface area contributed by atoms with Gasteiger partial charge in [-0.3, -0.25) is 4.79 Å². The average molecular weight is 323 g/mol. The van der Waals surface area contributed by atoms with Crippen LogP contribution in [0.25, 0.3) is 10.9 Å². The number of benzene rings is 1. The summed E-state index contributed by atoms with van der Waals surface area (Å²) in [6.45, 7) is 1.13. The summed E-state index contributed by atoms with van der Waals surface area (Å²) >= 11 is 0. The maximum atomic E-state index is 12.0. The number of aromatic nitrogens is 1. The molecule has 23 heavy (non-hydrogen) atoms. The van der Waals surface area contributed by atoms with E-state index in [0.717, 1.165) is 0 Å². The Morgan fingerprint density at radius 1 is 1.30 bits per heavy atom. The van der Waals surface area contributed by atoms with Gasteiger partial charge in [0.1, 0.15) is 24.2 Å². The third kappa shape index (κ3) is 3.31. The fraction of sp³-hybridized carbons (Fsp3) is 0.438. The van der Waals surface area contributed by atoms with Crippen LogP contribution in [-0.2, 0) is 11.8 Å². The molecule has 0 aliphatic rings. The van der Waals surface area contributed by atoms with Crippen LogP contribution in [0.3, 0.4) is 0 Å². The third-order valence-electron chi connectivity index (χ3n) is 3.83. The molecule has 0 saturated carbocycles. The van der Waals surface area contributed by atoms with Crippen LogP contribution in [0, 0.1) is 0 Å². The number of nitrogens with zero attached hydrogens (tertiary/aromatic N) is 1. The van der Waals surface area contributed by atoms with Crippen LogP contribution in [-0.4, -0.2) is 47.5 Å². The number of aryl methyl sites for hydroxylation is 1. The minimum Gasteiger partial charge on any atom is -0.496 e. The van der Waals surface area contributed by atoms with Gasteiger partial charge in [0.05, 0.1) is 12.6 Å². The van der Waals surface area contributed by atoms with Crippen molar-refractivity contribution < 1.29 is 24.4 Å². The fourth-order valence-corrected chi connectivity index (χ4v) is 2.21. The Kier molecular flexibility index (Phi) is 4.93. The second-order valence-corrected chi connectivity index (χ2v) is 5.35.